The number of benzene rings is 1. The van der Waals surface area contributed by atoms with Crippen molar-refractivity contribution in [2.45, 2.75) is 24.5 Å². The van der Waals surface area contributed by atoms with Gasteiger partial charge in [0.15, 0.2) is 11.9 Å². The van der Waals surface area contributed by atoms with Crippen LogP contribution in [-0.2, 0) is 13.8 Å². The Morgan fingerprint density at radius 1 is 1.29 bits per heavy atom. The molecule has 15 heteroatoms. The summed E-state index contributed by atoms with van der Waals surface area (Å²) in [5.41, 5.74) is 11.3. The molecular weight excluding hydrogens is 435 g/mol. The first kappa shape index (κ1) is 22.7. The highest BCUT2D eigenvalue weighted by molar-refractivity contribution is 7.46. The van der Waals surface area contributed by atoms with Gasteiger partial charge < -0.3 is 41.7 Å². The Morgan fingerprint density at radius 3 is 2.55 bits per heavy atom. The largest absolute Gasteiger partial charge is 0.469 e. The molecule has 3 amide bonds. The van der Waals surface area contributed by atoms with Crippen molar-refractivity contribution >= 4 is 31.3 Å². The van der Waals surface area contributed by atoms with Crippen LogP contribution in [0.3, 0.4) is 0 Å². The van der Waals surface area contributed by atoms with E-state index in [9.17, 15) is 19.3 Å². The van der Waals surface area contributed by atoms with Gasteiger partial charge in [-0.1, -0.05) is 18.2 Å². The van der Waals surface area contributed by atoms with E-state index in [0.717, 1.165) is 10.9 Å². The van der Waals surface area contributed by atoms with E-state index in [4.69, 9.17) is 26.0 Å². The van der Waals surface area contributed by atoms with Crippen LogP contribution in [0.4, 0.5) is 16.3 Å². The summed E-state index contributed by atoms with van der Waals surface area (Å²) in [7, 11) is -4.84. The second-order valence-corrected chi connectivity index (χ2v) is 7.82. The van der Waals surface area contributed by atoms with Crippen LogP contribution < -0.4 is 22.1 Å². The lowest BCUT2D eigenvalue weighted by atomic mass is 10.1. The Morgan fingerprint density at radius 2 is 1.97 bits per heavy atom. The summed E-state index contributed by atoms with van der Waals surface area (Å²) in [6.07, 6.45) is -2.78. The van der Waals surface area contributed by atoms with Gasteiger partial charge in [-0.15, -0.1) is 0 Å². The normalized spacial score (nSPS) is 23.5. The van der Waals surface area contributed by atoms with Crippen LogP contribution in [0.5, 0.6) is 0 Å². The van der Waals surface area contributed by atoms with Crippen LogP contribution in [0.1, 0.15) is 16.7 Å². The molecule has 9 N–H and O–H groups in total. The number of nitrogens with zero attached hydrogens (tertiary/aromatic N) is 2. The molecular formula is C16H21N6O8P. The number of primary amides is 1. The third-order valence-corrected chi connectivity index (χ3v) is 4.93. The van der Waals surface area contributed by atoms with Gasteiger partial charge in [0.1, 0.15) is 24.1 Å². The molecule has 0 unspecified atom stereocenters. The van der Waals surface area contributed by atoms with Crippen molar-refractivity contribution < 1.29 is 38.3 Å². The lowest BCUT2D eigenvalue weighted by molar-refractivity contribution is -0.0436. The highest BCUT2D eigenvalue weighted by Gasteiger charge is 2.47. The number of carbonyl (C=O) groups excluding carboxylic acids is 2. The van der Waals surface area contributed by atoms with Gasteiger partial charge in [-0.05, 0) is 12.1 Å². The number of ether oxygens (including phenoxy) is 1. The van der Waals surface area contributed by atoms with Gasteiger partial charge in [0.25, 0.3) is 5.91 Å². The van der Waals surface area contributed by atoms with Gasteiger partial charge in [-0.25, -0.2) is 14.3 Å². The van der Waals surface area contributed by atoms with Crippen molar-refractivity contribution in [3.8, 4) is 0 Å². The fraction of sp³-hybridized carbons (Fsp3) is 0.312. The van der Waals surface area contributed by atoms with Crippen LogP contribution in [-0.4, -0.2) is 61.2 Å². The van der Waals surface area contributed by atoms with Crippen molar-refractivity contribution in [2.24, 2.45) is 5.73 Å². The van der Waals surface area contributed by atoms with Gasteiger partial charge in [-0.3, -0.25) is 13.9 Å². The third-order valence-electron chi connectivity index (χ3n) is 4.45. The van der Waals surface area contributed by atoms with E-state index >= 15 is 0 Å². The molecule has 1 aliphatic heterocycles. The van der Waals surface area contributed by atoms with Gasteiger partial charge in [-0.2, -0.15) is 0 Å². The second kappa shape index (κ2) is 9.01. The summed E-state index contributed by atoms with van der Waals surface area (Å²) in [5, 5.41) is 15.7. The van der Waals surface area contributed by atoms with Crippen LogP contribution in [0.2, 0.25) is 0 Å². The van der Waals surface area contributed by atoms with Gasteiger partial charge in [0, 0.05) is 5.69 Å². The molecule has 1 aliphatic rings. The minimum Gasteiger partial charge on any atom is -0.388 e. The summed E-state index contributed by atoms with van der Waals surface area (Å²) in [5.74, 6) is -1.08. The highest BCUT2D eigenvalue weighted by Crippen LogP contribution is 2.39. The average Bonchev–Trinajstić information content (AvgIpc) is 3.21. The molecule has 4 atom stereocenters. The van der Waals surface area contributed by atoms with E-state index in [1.807, 2.05) is 0 Å². The maximum Gasteiger partial charge on any atom is 0.469 e. The Kier molecular flexibility index (Phi) is 6.59. The lowest BCUT2D eigenvalue weighted by Gasteiger charge is -2.23. The monoisotopic (exact) mass is 456 g/mol. The van der Waals surface area contributed by atoms with Crippen molar-refractivity contribution in [3.63, 3.8) is 0 Å². The zero-order valence-electron chi connectivity index (χ0n) is 15.9. The Labute approximate surface area is 175 Å². The number of hydrogen-bond acceptors (Lipinski definition) is 8. The molecule has 1 fully saturated rings. The molecule has 1 aromatic heterocycles. The van der Waals surface area contributed by atoms with Gasteiger partial charge in [0.2, 0.25) is 0 Å². The molecule has 31 heavy (non-hydrogen) atoms. The third kappa shape index (κ3) is 5.38. The number of imidazole rings is 1. The second-order valence-electron chi connectivity index (χ2n) is 6.58. The molecule has 0 spiro atoms. The van der Waals surface area contributed by atoms with E-state index in [1.165, 1.54) is 0 Å². The van der Waals surface area contributed by atoms with Crippen molar-refractivity contribution in [1.82, 2.24) is 14.9 Å². The average molecular weight is 456 g/mol. The molecule has 3 rings (SSSR count). The number of nitrogen functional groups attached to an aromatic ring is 1. The molecule has 2 aromatic rings. The van der Waals surface area contributed by atoms with Crippen LogP contribution in [0.15, 0.2) is 36.7 Å². The minimum atomic E-state index is -4.84. The summed E-state index contributed by atoms with van der Waals surface area (Å²) in [6.45, 7) is -0.683. The van der Waals surface area contributed by atoms with Crippen molar-refractivity contribution in [3.05, 3.63) is 42.4 Å². The van der Waals surface area contributed by atoms with E-state index < -0.39 is 50.8 Å². The predicted octanol–water partition coefficient (Wildman–Crippen LogP) is -0.878. The van der Waals surface area contributed by atoms with Gasteiger partial charge in [0.05, 0.1) is 12.9 Å². The Bertz CT molecular complexity index is 995. The first-order chi connectivity index (χ1) is 14.6. The number of amides is 3. The quantitative estimate of drug-likeness (QED) is 0.255. The highest BCUT2D eigenvalue weighted by atomic mass is 31.2. The summed E-state index contributed by atoms with van der Waals surface area (Å²) in [6, 6.07) is 6.60. The Hall–Kier alpha value is -3.00. The molecule has 0 bridgehead atoms. The number of urea groups is 1. The molecule has 14 nitrogen and oxygen atoms in total. The summed E-state index contributed by atoms with van der Waals surface area (Å²) >= 11 is 0. The van der Waals surface area contributed by atoms with Crippen LogP contribution >= 0.6 is 7.82 Å². The molecule has 1 aromatic carbocycles. The first-order valence-electron chi connectivity index (χ1n) is 8.85. The molecule has 168 valence electrons. The number of hydrogen-bond donors (Lipinski definition) is 7. The molecule has 0 radical (unpaired) electrons. The van der Waals surface area contributed by atoms with Crippen LogP contribution in [0, 0.1) is 0 Å². The Balaban J connectivity index is 1.83. The van der Waals surface area contributed by atoms with E-state index in [1.54, 1.807) is 30.3 Å². The van der Waals surface area contributed by atoms with Crippen molar-refractivity contribution in [1.29, 1.82) is 0 Å². The fourth-order valence-corrected chi connectivity index (χ4v) is 3.39. The number of phosphoric ester groups is 1. The lowest BCUT2D eigenvalue weighted by Crippen LogP contribution is -2.48. The smallest absolute Gasteiger partial charge is 0.388 e. The molecule has 0 saturated carbocycles. The van der Waals surface area contributed by atoms with E-state index in [0.29, 0.717) is 5.69 Å². The summed E-state index contributed by atoms with van der Waals surface area (Å²) < 4.78 is 22.2. The number of phosphoric acid groups is 1. The number of carbonyl (C=O) groups is 2. The fourth-order valence-electron chi connectivity index (χ4n) is 3.05. The summed E-state index contributed by atoms with van der Waals surface area (Å²) in [4.78, 5) is 45.5. The number of nitrogens with two attached hydrogens (primary N) is 2. The number of aromatic nitrogens is 2. The number of nitrogens with one attached hydrogen (secondary N) is 2. The topological polar surface area (TPSA) is 224 Å². The van der Waals surface area contributed by atoms with E-state index in [-0.39, 0.29) is 11.5 Å². The zero-order chi connectivity index (χ0) is 22.8. The molecule has 2 heterocycles. The predicted molar refractivity (Wildman–Crippen MR) is 105 cm³/mol. The molecule has 1 saturated heterocycles. The first-order valence-corrected chi connectivity index (χ1v) is 10.4. The van der Waals surface area contributed by atoms with Crippen LogP contribution in [0.25, 0.3) is 0 Å². The maximum absolute atomic E-state index is 12.4. The zero-order valence-corrected chi connectivity index (χ0v) is 16.8. The number of aliphatic hydroxyl groups is 1. The number of rotatable bonds is 7. The molecule has 0 aliphatic carbocycles. The van der Waals surface area contributed by atoms with E-state index in [2.05, 4.69) is 20.1 Å². The number of aliphatic hydroxyl groups excluding tert-OH is 1. The van der Waals surface area contributed by atoms with Gasteiger partial charge >= 0.3 is 13.9 Å². The van der Waals surface area contributed by atoms with Crippen molar-refractivity contribution in [2.75, 3.05) is 17.7 Å². The number of anilines is 2. The SMILES string of the molecule is NC(=O)c1ncn([C@@H]2O[C@H](COP(=O)(O)O)[C@@H](O)[C@H]2NC(=O)Nc2ccccc2)c1N. The standard InChI is InChI=1S/C16H21N6O8P/c17-13-11(14(18)24)19-7-22(13)15-10(12(23)9(30-15)6-29-31(26,27)28)21-16(25)20-8-4-2-1-3-5-8/h1-5,7,9-10,12,15,23H,6,17H2,(H2,18,24)(H2,20,21,25)(H2,26,27,28)/t9-,10-,12-,15-/m1/s1. The number of para-hydroxylation sites is 1. The maximum atomic E-state index is 12.4. The minimum absolute atomic E-state index is 0.184.